The Morgan fingerprint density at radius 2 is 1.72 bits per heavy atom. The molecule has 1 heterocycles. The molecule has 25 heavy (non-hydrogen) atoms. The number of methoxy groups -OCH3 is 1. The third-order valence-corrected chi connectivity index (χ3v) is 3.92. The second-order valence-corrected chi connectivity index (χ2v) is 5.90. The molecule has 0 radical (unpaired) electrons. The van der Waals surface area contributed by atoms with Gasteiger partial charge in [-0.15, -0.1) is 0 Å². The molecule has 5 heteroatoms. The molecular formula is C20H21N3O2. The summed E-state index contributed by atoms with van der Waals surface area (Å²) in [5.41, 5.74) is 2.65. The molecule has 3 aromatic rings. The van der Waals surface area contributed by atoms with E-state index in [9.17, 15) is 4.79 Å². The van der Waals surface area contributed by atoms with E-state index < -0.39 is 0 Å². The number of rotatable bonds is 6. The Balaban J connectivity index is 1.83. The third-order valence-electron chi connectivity index (χ3n) is 3.92. The van der Waals surface area contributed by atoms with Crippen molar-refractivity contribution >= 4 is 0 Å². The lowest BCUT2D eigenvalue weighted by molar-refractivity contribution is 0.240. The first-order valence-electron chi connectivity index (χ1n) is 8.11. The molecule has 0 bridgehead atoms. The highest BCUT2D eigenvalue weighted by Crippen LogP contribution is 2.27. The van der Waals surface area contributed by atoms with Crippen molar-refractivity contribution in [2.45, 2.75) is 13.2 Å². The minimum Gasteiger partial charge on any atom is -0.496 e. The van der Waals surface area contributed by atoms with Crippen molar-refractivity contribution in [2.75, 3.05) is 14.2 Å². The van der Waals surface area contributed by atoms with Gasteiger partial charge in [-0.2, -0.15) is 5.10 Å². The molecule has 128 valence electrons. The summed E-state index contributed by atoms with van der Waals surface area (Å²) >= 11 is 0. The number of nitrogens with zero attached hydrogens (tertiary/aromatic N) is 3. The van der Waals surface area contributed by atoms with E-state index in [1.165, 1.54) is 10.2 Å². The Morgan fingerprint density at radius 3 is 2.48 bits per heavy atom. The molecule has 0 atom stereocenters. The molecule has 0 unspecified atom stereocenters. The van der Waals surface area contributed by atoms with Crippen LogP contribution in [0.4, 0.5) is 0 Å². The molecule has 0 amide bonds. The SMILES string of the molecule is COc1ccccc1-c1ccc(=O)n(CN(C)Cc2ccccc2)n1. The second kappa shape index (κ2) is 7.77. The van der Waals surface area contributed by atoms with E-state index in [1.807, 2.05) is 49.5 Å². The van der Waals surface area contributed by atoms with Crippen LogP contribution in [0, 0.1) is 0 Å². The number of aromatic nitrogens is 2. The number of para-hydroxylation sites is 1. The van der Waals surface area contributed by atoms with E-state index in [0.717, 1.165) is 17.9 Å². The number of ether oxygens (including phenoxy) is 1. The van der Waals surface area contributed by atoms with Gasteiger partial charge < -0.3 is 4.74 Å². The molecule has 0 N–H and O–H groups in total. The van der Waals surface area contributed by atoms with Gasteiger partial charge in [-0.25, -0.2) is 4.68 Å². The van der Waals surface area contributed by atoms with Gasteiger partial charge in [0.2, 0.25) is 0 Å². The van der Waals surface area contributed by atoms with Crippen molar-refractivity contribution in [1.82, 2.24) is 14.7 Å². The van der Waals surface area contributed by atoms with Crippen LogP contribution >= 0.6 is 0 Å². The van der Waals surface area contributed by atoms with Gasteiger partial charge in [-0.3, -0.25) is 9.69 Å². The topological polar surface area (TPSA) is 47.4 Å². The van der Waals surface area contributed by atoms with Crippen molar-refractivity contribution in [3.63, 3.8) is 0 Å². The van der Waals surface area contributed by atoms with Crippen LogP contribution in [-0.4, -0.2) is 28.8 Å². The first-order valence-corrected chi connectivity index (χ1v) is 8.11. The summed E-state index contributed by atoms with van der Waals surface area (Å²) in [6.45, 7) is 1.16. The van der Waals surface area contributed by atoms with Crippen molar-refractivity contribution in [1.29, 1.82) is 0 Å². The van der Waals surface area contributed by atoms with Crippen LogP contribution in [0.3, 0.4) is 0 Å². The van der Waals surface area contributed by atoms with Crippen LogP contribution in [0.15, 0.2) is 71.5 Å². The molecule has 0 spiro atoms. The smallest absolute Gasteiger partial charge is 0.268 e. The van der Waals surface area contributed by atoms with Crippen molar-refractivity contribution in [3.8, 4) is 17.0 Å². The quantitative estimate of drug-likeness (QED) is 0.695. The highest BCUT2D eigenvalue weighted by Gasteiger charge is 2.10. The van der Waals surface area contributed by atoms with Crippen molar-refractivity contribution in [2.24, 2.45) is 0 Å². The van der Waals surface area contributed by atoms with Gasteiger partial charge in [0.25, 0.3) is 5.56 Å². The van der Waals surface area contributed by atoms with E-state index in [2.05, 4.69) is 22.1 Å². The highest BCUT2D eigenvalue weighted by atomic mass is 16.5. The zero-order chi connectivity index (χ0) is 17.6. The molecule has 5 nitrogen and oxygen atoms in total. The van der Waals surface area contributed by atoms with Gasteiger partial charge in [0, 0.05) is 18.2 Å². The monoisotopic (exact) mass is 335 g/mol. The van der Waals surface area contributed by atoms with Gasteiger partial charge in [0.15, 0.2) is 0 Å². The molecule has 3 rings (SSSR count). The summed E-state index contributed by atoms with van der Waals surface area (Å²) < 4.78 is 6.87. The molecule has 1 aromatic heterocycles. The number of hydrogen-bond donors (Lipinski definition) is 0. The van der Waals surface area contributed by atoms with Crippen LogP contribution in [-0.2, 0) is 13.2 Å². The van der Waals surface area contributed by atoms with Crippen molar-refractivity contribution < 1.29 is 4.74 Å². The maximum atomic E-state index is 12.2. The molecule has 0 aliphatic rings. The van der Waals surface area contributed by atoms with Crippen LogP contribution in [0.5, 0.6) is 5.75 Å². The summed E-state index contributed by atoms with van der Waals surface area (Å²) in [4.78, 5) is 14.2. The van der Waals surface area contributed by atoms with Gasteiger partial charge in [0.05, 0.1) is 19.5 Å². The minimum absolute atomic E-state index is 0.126. The van der Waals surface area contributed by atoms with Gasteiger partial charge in [-0.05, 0) is 30.8 Å². The Labute approximate surface area is 147 Å². The van der Waals surface area contributed by atoms with Gasteiger partial charge in [-0.1, -0.05) is 42.5 Å². The van der Waals surface area contributed by atoms with Crippen LogP contribution < -0.4 is 10.3 Å². The van der Waals surface area contributed by atoms with E-state index in [1.54, 1.807) is 19.2 Å². The van der Waals surface area contributed by atoms with E-state index in [4.69, 9.17) is 4.74 Å². The molecule has 0 fully saturated rings. The van der Waals surface area contributed by atoms with Crippen LogP contribution in [0.2, 0.25) is 0 Å². The molecule has 0 saturated heterocycles. The summed E-state index contributed by atoms with van der Waals surface area (Å²) in [6.07, 6.45) is 0. The standard InChI is InChI=1S/C20H21N3O2/c1-22(14-16-8-4-3-5-9-16)15-23-20(24)13-12-18(21-23)17-10-6-7-11-19(17)25-2/h3-13H,14-15H2,1-2H3. The average molecular weight is 335 g/mol. The Morgan fingerprint density at radius 1 is 1.00 bits per heavy atom. The largest absolute Gasteiger partial charge is 0.496 e. The first kappa shape index (κ1) is 16.9. The molecule has 0 saturated carbocycles. The van der Waals surface area contributed by atoms with Gasteiger partial charge >= 0.3 is 0 Å². The fourth-order valence-electron chi connectivity index (χ4n) is 2.72. The third kappa shape index (κ3) is 4.14. The Bertz CT molecular complexity index is 891. The average Bonchev–Trinajstić information content (AvgIpc) is 2.64. The lowest BCUT2D eigenvalue weighted by atomic mass is 10.1. The van der Waals surface area contributed by atoms with E-state index in [0.29, 0.717) is 12.4 Å². The molecule has 0 aliphatic heterocycles. The summed E-state index contributed by atoms with van der Waals surface area (Å²) in [6, 6.07) is 21.1. The second-order valence-electron chi connectivity index (χ2n) is 5.90. The predicted octanol–water partition coefficient (Wildman–Crippen LogP) is 3.01. The summed E-state index contributed by atoms with van der Waals surface area (Å²) in [5.74, 6) is 0.734. The van der Waals surface area contributed by atoms with Gasteiger partial charge in [0.1, 0.15) is 5.75 Å². The number of benzene rings is 2. The van der Waals surface area contributed by atoms with Crippen LogP contribution in [0.25, 0.3) is 11.3 Å². The maximum Gasteiger partial charge on any atom is 0.268 e. The molecular weight excluding hydrogens is 314 g/mol. The zero-order valence-corrected chi connectivity index (χ0v) is 14.4. The maximum absolute atomic E-state index is 12.2. The normalized spacial score (nSPS) is 10.8. The van der Waals surface area contributed by atoms with Crippen molar-refractivity contribution in [3.05, 3.63) is 82.6 Å². The minimum atomic E-state index is -0.126. The lowest BCUT2D eigenvalue weighted by Gasteiger charge is -2.18. The fourth-order valence-corrected chi connectivity index (χ4v) is 2.72. The van der Waals surface area contributed by atoms with E-state index in [-0.39, 0.29) is 5.56 Å². The number of hydrogen-bond acceptors (Lipinski definition) is 4. The first-order chi connectivity index (χ1) is 12.2. The molecule has 2 aromatic carbocycles. The highest BCUT2D eigenvalue weighted by molar-refractivity contribution is 5.66. The predicted molar refractivity (Wildman–Crippen MR) is 98.4 cm³/mol. The Kier molecular flexibility index (Phi) is 5.26. The zero-order valence-electron chi connectivity index (χ0n) is 14.4. The van der Waals surface area contributed by atoms with Crippen LogP contribution in [0.1, 0.15) is 5.56 Å². The summed E-state index contributed by atoms with van der Waals surface area (Å²) in [7, 11) is 3.60. The Hall–Kier alpha value is -2.92. The molecule has 0 aliphatic carbocycles. The van der Waals surface area contributed by atoms with E-state index >= 15 is 0 Å². The lowest BCUT2D eigenvalue weighted by Crippen LogP contribution is -2.31. The fraction of sp³-hybridized carbons (Fsp3) is 0.200. The summed E-state index contributed by atoms with van der Waals surface area (Å²) in [5, 5.41) is 4.52.